The van der Waals surface area contributed by atoms with E-state index >= 15 is 0 Å². The number of hydrogen-bond acceptors (Lipinski definition) is 3. The number of aliphatic hydroxyl groups excluding tert-OH is 1. The van der Waals surface area contributed by atoms with Crippen LogP contribution in [0.25, 0.3) is 0 Å². The third kappa shape index (κ3) is 1.85. The van der Waals surface area contributed by atoms with Gasteiger partial charge in [0, 0.05) is 17.7 Å². The second-order valence-corrected chi connectivity index (χ2v) is 2.61. The lowest BCUT2D eigenvalue weighted by Gasteiger charge is -2.11. The van der Waals surface area contributed by atoms with E-state index in [1.54, 1.807) is 0 Å². The highest BCUT2D eigenvalue weighted by Gasteiger charge is 2.20. The van der Waals surface area contributed by atoms with Crippen LogP contribution in [0.3, 0.4) is 0 Å². The molecule has 0 atom stereocenters. The molecule has 1 heterocycles. The van der Waals surface area contributed by atoms with Crippen LogP contribution in [0.1, 0.15) is 23.2 Å². The molecular weight excluding hydrogens is 197 g/mol. The Kier molecular flexibility index (Phi) is 3.43. The summed E-state index contributed by atoms with van der Waals surface area (Å²) in [4.78, 5) is 3.37. The van der Waals surface area contributed by atoms with Gasteiger partial charge in [0.15, 0.2) is 0 Å². The molecule has 0 spiro atoms. The van der Waals surface area contributed by atoms with Gasteiger partial charge in [0.25, 0.3) is 6.43 Å². The standard InChI is InChI=1S/C8H9F3N2O/c9-5-2-13-6(3-14)7(8(10)11)4(5)1-12/h2,8,14H,1,3,12H2. The highest BCUT2D eigenvalue weighted by molar-refractivity contribution is 5.32. The van der Waals surface area contributed by atoms with Crippen LogP contribution in [0.4, 0.5) is 13.2 Å². The first-order valence-electron chi connectivity index (χ1n) is 3.87. The van der Waals surface area contributed by atoms with E-state index in [0.29, 0.717) is 0 Å². The summed E-state index contributed by atoms with van der Waals surface area (Å²) in [7, 11) is 0. The number of halogens is 3. The third-order valence-corrected chi connectivity index (χ3v) is 1.83. The van der Waals surface area contributed by atoms with Gasteiger partial charge in [0.2, 0.25) is 0 Å². The van der Waals surface area contributed by atoms with Gasteiger partial charge in [0.05, 0.1) is 18.5 Å². The molecule has 0 unspecified atom stereocenters. The van der Waals surface area contributed by atoms with E-state index in [9.17, 15) is 13.2 Å². The zero-order valence-electron chi connectivity index (χ0n) is 7.17. The highest BCUT2D eigenvalue weighted by atomic mass is 19.3. The number of nitrogens with two attached hydrogens (primary N) is 1. The van der Waals surface area contributed by atoms with Crippen molar-refractivity contribution < 1.29 is 18.3 Å². The molecule has 0 saturated heterocycles. The molecule has 0 amide bonds. The molecule has 0 aliphatic rings. The van der Waals surface area contributed by atoms with Crippen molar-refractivity contribution in [1.29, 1.82) is 0 Å². The van der Waals surface area contributed by atoms with Crippen LogP contribution in [0.2, 0.25) is 0 Å². The molecule has 3 nitrogen and oxygen atoms in total. The van der Waals surface area contributed by atoms with Crippen molar-refractivity contribution in [2.75, 3.05) is 0 Å². The molecule has 78 valence electrons. The third-order valence-electron chi connectivity index (χ3n) is 1.83. The molecule has 14 heavy (non-hydrogen) atoms. The molecule has 1 rings (SSSR count). The van der Waals surface area contributed by atoms with Crippen LogP contribution in [-0.4, -0.2) is 10.1 Å². The van der Waals surface area contributed by atoms with E-state index in [0.717, 1.165) is 6.20 Å². The average Bonchev–Trinajstić information content (AvgIpc) is 2.17. The normalized spacial score (nSPS) is 11.0. The molecule has 0 aliphatic carbocycles. The Morgan fingerprint density at radius 3 is 2.57 bits per heavy atom. The summed E-state index contributed by atoms with van der Waals surface area (Å²) in [5.41, 5.74) is 4.00. The van der Waals surface area contributed by atoms with Crippen molar-refractivity contribution in [3.05, 3.63) is 28.8 Å². The first-order valence-corrected chi connectivity index (χ1v) is 3.87. The minimum absolute atomic E-state index is 0.234. The lowest BCUT2D eigenvalue weighted by atomic mass is 10.1. The molecule has 0 aromatic carbocycles. The van der Waals surface area contributed by atoms with Gasteiger partial charge in [-0.3, -0.25) is 4.98 Å². The van der Waals surface area contributed by atoms with Crippen LogP contribution < -0.4 is 5.73 Å². The van der Waals surface area contributed by atoms with E-state index in [-0.39, 0.29) is 17.8 Å². The SMILES string of the molecule is NCc1c(F)cnc(CO)c1C(F)F. The summed E-state index contributed by atoms with van der Waals surface area (Å²) < 4.78 is 37.9. The predicted octanol–water partition coefficient (Wildman–Crippen LogP) is 1.11. The first kappa shape index (κ1) is 10.9. The fraction of sp³-hybridized carbons (Fsp3) is 0.375. The summed E-state index contributed by atoms with van der Waals surface area (Å²) >= 11 is 0. The number of hydrogen-bond donors (Lipinski definition) is 2. The smallest absolute Gasteiger partial charge is 0.266 e. The van der Waals surface area contributed by atoms with E-state index in [4.69, 9.17) is 10.8 Å². The maximum Gasteiger partial charge on any atom is 0.266 e. The minimum atomic E-state index is -2.89. The van der Waals surface area contributed by atoms with Gasteiger partial charge in [-0.15, -0.1) is 0 Å². The van der Waals surface area contributed by atoms with E-state index in [2.05, 4.69) is 4.98 Å². The molecule has 6 heteroatoms. The van der Waals surface area contributed by atoms with Crippen LogP contribution >= 0.6 is 0 Å². The van der Waals surface area contributed by atoms with Crippen LogP contribution in [0.5, 0.6) is 0 Å². The van der Waals surface area contributed by atoms with Crippen molar-refractivity contribution >= 4 is 0 Å². The van der Waals surface area contributed by atoms with Crippen molar-refractivity contribution in [3.8, 4) is 0 Å². The Morgan fingerprint density at radius 1 is 1.50 bits per heavy atom. The Balaban J connectivity index is 3.36. The maximum atomic E-state index is 13.0. The Bertz CT molecular complexity index is 331. The van der Waals surface area contributed by atoms with Gasteiger partial charge < -0.3 is 10.8 Å². The van der Waals surface area contributed by atoms with Gasteiger partial charge in [-0.25, -0.2) is 13.2 Å². The fourth-order valence-corrected chi connectivity index (χ4v) is 1.18. The average molecular weight is 206 g/mol. The number of pyridine rings is 1. The topological polar surface area (TPSA) is 59.1 Å². The fourth-order valence-electron chi connectivity index (χ4n) is 1.18. The Hall–Kier alpha value is -1.14. The number of alkyl halides is 2. The lowest BCUT2D eigenvalue weighted by molar-refractivity contribution is 0.144. The molecule has 0 radical (unpaired) electrons. The van der Waals surface area contributed by atoms with Crippen molar-refractivity contribution in [2.24, 2.45) is 5.73 Å². The van der Waals surface area contributed by atoms with Crippen LogP contribution in [0.15, 0.2) is 6.20 Å². The molecule has 0 fully saturated rings. The van der Waals surface area contributed by atoms with Gasteiger partial charge in [-0.1, -0.05) is 0 Å². The molecule has 3 N–H and O–H groups in total. The quantitative estimate of drug-likeness (QED) is 0.778. The van der Waals surface area contributed by atoms with E-state index < -0.39 is 24.4 Å². The summed E-state index contributed by atoms with van der Waals surface area (Å²) in [6, 6.07) is 0. The van der Waals surface area contributed by atoms with Crippen LogP contribution in [0, 0.1) is 5.82 Å². The van der Waals surface area contributed by atoms with Crippen molar-refractivity contribution in [1.82, 2.24) is 4.98 Å². The zero-order valence-corrected chi connectivity index (χ0v) is 7.17. The molecular formula is C8H9F3N2O. The highest BCUT2D eigenvalue weighted by Crippen LogP contribution is 2.27. The number of aromatic nitrogens is 1. The second kappa shape index (κ2) is 4.39. The first-order chi connectivity index (χ1) is 6.61. The second-order valence-electron chi connectivity index (χ2n) is 2.61. The Labute approximate surface area is 78.4 Å². The number of aliphatic hydroxyl groups is 1. The van der Waals surface area contributed by atoms with Crippen LogP contribution in [-0.2, 0) is 13.2 Å². The Morgan fingerprint density at radius 2 is 2.14 bits per heavy atom. The minimum Gasteiger partial charge on any atom is -0.390 e. The van der Waals surface area contributed by atoms with Gasteiger partial charge >= 0.3 is 0 Å². The molecule has 1 aromatic heterocycles. The van der Waals surface area contributed by atoms with E-state index in [1.807, 2.05) is 0 Å². The molecule has 0 bridgehead atoms. The monoisotopic (exact) mass is 206 g/mol. The summed E-state index contributed by atoms with van der Waals surface area (Å²) in [6.07, 6.45) is -2.11. The maximum absolute atomic E-state index is 13.0. The summed E-state index contributed by atoms with van der Waals surface area (Å²) in [5, 5.41) is 8.72. The summed E-state index contributed by atoms with van der Waals surface area (Å²) in [5.74, 6) is -0.875. The van der Waals surface area contributed by atoms with Crippen molar-refractivity contribution in [2.45, 2.75) is 19.6 Å². The van der Waals surface area contributed by atoms with Gasteiger partial charge in [-0.2, -0.15) is 0 Å². The summed E-state index contributed by atoms with van der Waals surface area (Å²) in [6.45, 7) is -1.01. The van der Waals surface area contributed by atoms with E-state index in [1.165, 1.54) is 0 Å². The van der Waals surface area contributed by atoms with Gasteiger partial charge in [-0.05, 0) is 0 Å². The number of rotatable bonds is 3. The largest absolute Gasteiger partial charge is 0.390 e. The molecule has 0 saturated carbocycles. The molecule has 1 aromatic rings. The van der Waals surface area contributed by atoms with Gasteiger partial charge in [0.1, 0.15) is 5.82 Å². The molecule has 0 aliphatic heterocycles. The lowest BCUT2D eigenvalue weighted by Crippen LogP contribution is -2.10. The number of nitrogens with zero attached hydrogens (tertiary/aromatic N) is 1. The van der Waals surface area contributed by atoms with Crippen molar-refractivity contribution in [3.63, 3.8) is 0 Å². The predicted molar refractivity (Wildman–Crippen MR) is 43.0 cm³/mol. The zero-order chi connectivity index (χ0) is 10.7.